The Morgan fingerprint density at radius 2 is 1.89 bits per heavy atom. The summed E-state index contributed by atoms with van der Waals surface area (Å²) >= 11 is 5.81. The summed E-state index contributed by atoms with van der Waals surface area (Å²) < 4.78 is 24.8. The van der Waals surface area contributed by atoms with Crippen molar-refractivity contribution in [2.45, 2.75) is 9.79 Å². The van der Waals surface area contributed by atoms with Crippen LogP contribution in [0.1, 0.15) is 10.4 Å². The van der Waals surface area contributed by atoms with E-state index >= 15 is 0 Å². The van der Waals surface area contributed by atoms with Crippen LogP contribution < -0.4 is 5.32 Å². The van der Waals surface area contributed by atoms with E-state index in [1.165, 1.54) is 30.6 Å². The first-order valence-electron chi connectivity index (χ1n) is 5.03. The molecular formula is C11H7ClN2O3S. The van der Waals surface area contributed by atoms with Crippen LogP contribution in [-0.4, -0.2) is 19.3 Å². The highest BCUT2D eigenvalue weighted by Gasteiger charge is 2.31. The molecule has 0 saturated carbocycles. The van der Waals surface area contributed by atoms with Crippen molar-refractivity contribution in [2.75, 3.05) is 5.32 Å². The third-order valence-electron chi connectivity index (χ3n) is 2.72. The first-order chi connectivity index (χ1) is 8.50. The topological polar surface area (TPSA) is 79.0 Å². The molecule has 0 unspecified atom stereocenters. The predicted molar refractivity (Wildman–Crippen MR) is 65.6 cm³/mol. The van der Waals surface area contributed by atoms with Crippen LogP contribution in [0, 0.1) is 0 Å². The molecule has 92 valence electrons. The molecule has 3 rings (SSSR count). The zero-order valence-corrected chi connectivity index (χ0v) is 10.5. The molecule has 0 aliphatic carbocycles. The summed E-state index contributed by atoms with van der Waals surface area (Å²) in [7, 11) is -3.75. The molecule has 0 bridgehead atoms. The highest BCUT2D eigenvalue weighted by Crippen LogP contribution is 2.34. The Balaban J connectivity index is 2.41. The molecule has 2 heterocycles. The van der Waals surface area contributed by atoms with Crippen molar-refractivity contribution in [1.29, 1.82) is 0 Å². The van der Waals surface area contributed by atoms with Crippen molar-refractivity contribution >= 4 is 33.0 Å². The molecule has 1 aliphatic heterocycles. The lowest BCUT2D eigenvalue weighted by atomic mass is 10.3. The van der Waals surface area contributed by atoms with Crippen LogP contribution in [0.3, 0.4) is 0 Å². The second-order valence-electron chi connectivity index (χ2n) is 3.83. The molecule has 1 aliphatic rings. The van der Waals surface area contributed by atoms with Gasteiger partial charge in [-0.2, -0.15) is 0 Å². The van der Waals surface area contributed by atoms with E-state index in [1.807, 2.05) is 0 Å². The smallest absolute Gasteiger partial charge is 0.258 e. The number of halogens is 1. The average Bonchev–Trinajstić information content (AvgIpc) is 2.78. The fourth-order valence-corrected chi connectivity index (χ4v) is 3.71. The fraction of sp³-hybridized carbons (Fsp3) is 0. The minimum absolute atomic E-state index is 0.00157. The Labute approximate surface area is 108 Å². The van der Waals surface area contributed by atoms with Crippen molar-refractivity contribution in [3.63, 3.8) is 0 Å². The molecule has 5 nitrogen and oxygen atoms in total. The quantitative estimate of drug-likeness (QED) is 0.776. The Morgan fingerprint density at radius 3 is 2.67 bits per heavy atom. The Kier molecular flexibility index (Phi) is 2.26. The number of rotatable bonds is 0. The summed E-state index contributed by atoms with van der Waals surface area (Å²) in [6.07, 6.45) is 2.65. The van der Waals surface area contributed by atoms with Crippen LogP contribution >= 0.6 is 11.6 Å². The van der Waals surface area contributed by atoms with Crippen LogP contribution in [0.4, 0.5) is 5.69 Å². The molecule has 0 spiro atoms. The van der Waals surface area contributed by atoms with Crippen LogP contribution in [0.25, 0.3) is 0 Å². The lowest BCUT2D eigenvalue weighted by molar-refractivity contribution is 0.102. The van der Waals surface area contributed by atoms with Gasteiger partial charge in [-0.05, 0) is 18.2 Å². The van der Waals surface area contributed by atoms with Gasteiger partial charge in [0.2, 0.25) is 9.84 Å². The number of aromatic nitrogens is 1. The largest absolute Gasteiger partial charge is 0.366 e. The van der Waals surface area contributed by atoms with E-state index in [0.29, 0.717) is 5.02 Å². The third kappa shape index (κ3) is 1.46. The summed E-state index contributed by atoms with van der Waals surface area (Å²) in [6.45, 7) is 0. The summed E-state index contributed by atoms with van der Waals surface area (Å²) in [4.78, 5) is 14.5. The Morgan fingerprint density at radius 1 is 1.11 bits per heavy atom. The summed E-state index contributed by atoms with van der Waals surface area (Å²) in [5.41, 5.74) is 0.336. The molecule has 1 amide bonds. The monoisotopic (exact) mass is 282 g/mol. The fourth-order valence-electron chi connectivity index (χ4n) is 1.88. The molecule has 0 radical (unpaired) electrons. The van der Waals surface area contributed by atoms with Crippen molar-refractivity contribution in [3.8, 4) is 0 Å². The first-order valence-corrected chi connectivity index (χ1v) is 6.89. The first kappa shape index (κ1) is 11.3. The van der Waals surface area contributed by atoms with Crippen LogP contribution in [0.15, 0.2) is 40.4 Å². The van der Waals surface area contributed by atoms with Crippen LogP contribution in [0.5, 0.6) is 0 Å². The van der Waals surface area contributed by atoms with Gasteiger partial charge in [0.15, 0.2) is 0 Å². The molecule has 2 N–H and O–H groups in total. The van der Waals surface area contributed by atoms with Crippen molar-refractivity contribution in [2.24, 2.45) is 0 Å². The maximum absolute atomic E-state index is 12.4. The third-order valence-corrected chi connectivity index (χ3v) is 4.79. The SMILES string of the molecule is O=C1Nc2ccc(Cl)cc2S(=O)(=O)c2c[nH]cc21. The van der Waals surface area contributed by atoms with Gasteiger partial charge in [-0.25, -0.2) is 8.42 Å². The van der Waals surface area contributed by atoms with E-state index in [0.717, 1.165) is 0 Å². The number of hydrogen-bond donors (Lipinski definition) is 2. The summed E-state index contributed by atoms with van der Waals surface area (Å²) in [6, 6.07) is 4.33. The van der Waals surface area contributed by atoms with Gasteiger partial charge in [-0.1, -0.05) is 11.6 Å². The molecular weight excluding hydrogens is 276 g/mol. The number of amides is 1. The van der Waals surface area contributed by atoms with Gasteiger partial charge in [-0.15, -0.1) is 0 Å². The number of H-pyrrole nitrogens is 1. The van der Waals surface area contributed by atoms with E-state index in [-0.39, 0.29) is 21.0 Å². The van der Waals surface area contributed by atoms with Crippen LogP contribution in [-0.2, 0) is 9.84 Å². The number of benzene rings is 1. The predicted octanol–water partition coefficient (Wildman–Crippen LogP) is 2.07. The summed E-state index contributed by atoms with van der Waals surface area (Å²) in [5.74, 6) is -0.462. The maximum Gasteiger partial charge on any atom is 0.258 e. The minimum Gasteiger partial charge on any atom is -0.366 e. The van der Waals surface area contributed by atoms with Gasteiger partial charge < -0.3 is 10.3 Å². The van der Waals surface area contributed by atoms with E-state index < -0.39 is 15.7 Å². The number of nitrogens with one attached hydrogen (secondary N) is 2. The molecule has 18 heavy (non-hydrogen) atoms. The molecule has 2 aromatic rings. The van der Waals surface area contributed by atoms with E-state index in [1.54, 1.807) is 0 Å². The second kappa shape index (κ2) is 3.60. The molecule has 1 aromatic carbocycles. The standard InChI is InChI=1S/C11H7ClN2O3S/c12-6-1-2-8-9(3-6)18(16,17)10-5-13-4-7(10)11(15)14-8/h1-5,13H,(H,14,15). The number of sulfone groups is 1. The minimum atomic E-state index is -3.75. The molecule has 0 atom stereocenters. The van der Waals surface area contributed by atoms with Crippen molar-refractivity contribution in [3.05, 3.63) is 41.2 Å². The number of fused-ring (bicyclic) bond motifs is 2. The van der Waals surface area contributed by atoms with Crippen LogP contribution in [0.2, 0.25) is 5.02 Å². The molecule has 7 heteroatoms. The number of aromatic amines is 1. The van der Waals surface area contributed by atoms with Crippen molar-refractivity contribution in [1.82, 2.24) is 4.98 Å². The number of hydrogen-bond acceptors (Lipinski definition) is 3. The maximum atomic E-state index is 12.4. The van der Waals surface area contributed by atoms with Gasteiger partial charge >= 0.3 is 0 Å². The number of carbonyl (C=O) groups is 1. The van der Waals surface area contributed by atoms with E-state index in [9.17, 15) is 13.2 Å². The average molecular weight is 283 g/mol. The van der Waals surface area contributed by atoms with Gasteiger partial charge in [0, 0.05) is 17.4 Å². The van der Waals surface area contributed by atoms with Gasteiger partial charge in [-0.3, -0.25) is 4.79 Å². The second-order valence-corrected chi connectivity index (χ2v) is 6.15. The molecule has 0 fully saturated rings. The Hall–Kier alpha value is -1.79. The number of anilines is 1. The zero-order chi connectivity index (χ0) is 12.9. The lowest BCUT2D eigenvalue weighted by Gasteiger charge is -2.06. The van der Waals surface area contributed by atoms with Crippen molar-refractivity contribution < 1.29 is 13.2 Å². The normalized spacial score (nSPS) is 16.4. The highest BCUT2D eigenvalue weighted by molar-refractivity contribution is 7.91. The Bertz CT molecular complexity index is 764. The molecule has 1 aromatic heterocycles. The lowest BCUT2D eigenvalue weighted by Crippen LogP contribution is -2.10. The van der Waals surface area contributed by atoms with E-state index in [2.05, 4.69) is 10.3 Å². The number of carbonyl (C=O) groups excluding carboxylic acids is 1. The van der Waals surface area contributed by atoms with Gasteiger partial charge in [0.05, 0.1) is 16.1 Å². The van der Waals surface area contributed by atoms with Gasteiger partial charge in [0.25, 0.3) is 5.91 Å². The highest BCUT2D eigenvalue weighted by atomic mass is 35.5. The molecule has 0 saturated heterocycles. The van der Waals surface area contributed by atoms with E-state index in [4.69, 9.17) is 11.6 Å². The zero-order valence-electron chi connectivity index (χ0n) is 8.90. The summed E-state index contributed by atoms with van der Waals surface area (Å²) in [5, 5.41) is 2.85. The van der Waals surface area contributed by atoms with Gasteiger partial charge in [0.1, 0.15) is 4.90 Å².